The number of hydrogen-bond acceptors (Lipinski definition) is 6. The smallest absolute Gasteiger partial charge is 0.258 e. The molecule has 0 atom stereocenters. The number of nitrogens with zero attached hydrogens (tertiary/aromatic N) is 3. The number of anilines is 1. The van der Waals surface area contributed by atoms with E-state index in [4.69, 9.17) is 9.57 Å². The van der Waals surface area contributed by atoms with Crippen LogP contribution in [0.2, 0.25) is 0 Å². The highest BCUT2D eigenvalue weighted by Gasteiger charge is 2.15. The topological polar surface area (TPSA) is 85.7 Å². The van der Waals surface area contributed by atoms with Crippen molar-refractivity contribution in [3.05, 3.63) is 82.6 Å². The first-order valence-electron chi connectivity index (χ1n) is 9.08. The number of methoxy groups -OCH3 is 1. The average Bonchev–Trinajstić information content (AvgIpc) is 2.75. The minimum absolute atomic E-state index is 0.149. The van der Waals surface area contributed by atoms with E-state index in [1.807, 2.05) is 25.1 Å². The Bertz CT molecular complexity index is 1100. The molecule has 0 aliphatic carbocycles. The first-order chi connectivity index (χ1) is 14.4. The van der Waals surface area contributed by atoms with Gasteiger partial charge in [-0.2, -0.15) is 0 Å². The molecular weight excluding hydrogens is 387 g/mol. The molecule has 0 saturated heterocycles. The van der Waals surface area contributed by atoms with Gasteiger partial charge >= 0.3 is 0 Å². The summed E-state index contributed by atoms with van der Waals surface area (Å²) in [7, 11) is 3.08. The second-order valence-corrected chi connectivity index (χ2v) is 6.48. The second-order valence-electron chi connectivity index (χ2n) is 6.48. The third-order valence-electron chi connectivity index (χ3n) is 4.55. The van der Waals surface area contributed by atoms with Gasteiger partial charge in [-0.3, -0.25) is 9.78 Å². The Morgan fingerprint density at radius 1 is 1.07 bits per heavy atom. The van der Waals surface area contributed by atoms with E-state index in [1.165, 1.54) is 20.2 Å². The van der Waals surface area contributed by atoms with Crippen LogP contribution in [0.3, 0.4) is 0 Å². The van der Waals surface area contributed by atoms with Gasteiger partial charge in [0.05, 0.1) is 18.9 Å². The number of benzene rings is 1. The molecule has 1 aromatic carbocycles. The van der Waals surface area contributed by atoms with Crippen molar-refractivity contribution >= 4 is 17.4 Å². The highest BCUT2D eigenvalue weighted by molar-refractivity contribution is 6.13. The lowest BCUT2D eigenvalue weighted by molar-refractivity contribution is 0.102. The van der Waals surface area contributed by atoms with Gasteiger partial charge in [-0.25, -0.2) is 9.37 Å². The van der Waals surface area contributed by atoms with Crippen molar-refractivity contribution in [2.45, 2.75) is 13.8 Å². The van der Waals surface area contributed by atoms with Crippen LogP contribution in [-0.4, -0.2) is 35.8 Å². The fourth-order valence-corrected chi connectivity index (χ4v) is 2.90. The van der Waals surface area contributed by atoms with Crippen molar-refractivity contribution in [2.24, 2.45) is 5.16 Å². The van der Waals surface area contributed by atoms with Gasteiger partial charge in [-0.1, -0.05) is 5.16 Å². The molecule has 0 fully saturated rings. The summed E-state index contributed by atoms with van der Waals surface area (Å²) in [6, 6.07) is 9.03. The quantitative estimate of drug-likeness (QED) is 0.494. The molecule has 0 unspecified atom stereocenters. The fourth-order valence-electron chi connectivity index (χ4n) is 2.90. The largest absolute Gasteiger partial charge is 0.497 e. The predicted octanol–water partition coefficient (Wildman–Crippen LogP) is 3.89. The number of aryl methyl sites for hydroxylation is 1. The van der Waals surface area contributed by atoms with E-state index < -0.39 is 11.7 Å². The Labute approximate surface area is 173 Å². The molecule has 0 aliphatic rings. The number of amides is 1. The normalized spacial score (nSPS) is 11.2. The Morgan fingerprint density at radius 3 is 2.50 bits per heavy atom. The Kier molecular flexibility index (Phi) is 6.36. The summed E-state index contributed by atoms with van der Waals surface area (Å²) in [5, 5.41) is 6.79. The van der Waals surface area contributed by atoms with Crippen LogP contribution in [0.4, 0.5) is 10.2 Å². The van der Waals surface area contributed by atoms with Crippen LogP contribution in [-0.2, 0) is 4.84 Å². The zero-order valence-electron chi connectivity index (χ0n) is 17.1. The van der Waals surface area contributed by atoms with Gasteiger partial charge in [-0.15, -0.1) is 0 Å². The number of aromatic nitrogens is 2. The lowest BCUT2D eigenvalue weighted by Gasteiger charge is -2.12. The standard InChI is InChI=1S/C22H21FN4O3/c1-13-9-16(29-3)6-7-17(13)21(27-30-4)15-5-8-20(25-10-15)26-22(28)18-11-24-12-19(23)14(18)2/h5-12H,1-4H3,(H,25,26,28)/b27-21+. The Balaban J connectivity index is 1.85. The zero-order valence-corrected chi connectivity index (χ0v) is 17.1. The Hall–Kier alpha value is -3.81. The molecule has 1 amide bonds. The maximum absolute atomic E-state index is 13.6. The number of rotatable bonds is 6. The average molecular weight is 408 g/mol. The molecule has 8 heteroatoms. The molecule has 3 aromatic rings. The molecule has 7 nitrogen and oxygen atoms in total. The van der Waals surface area contributed by atoms with Gasteiger partial charge < -0.3 is 14.9 Å². The summed E-state index contributed by atoms with van der Waals surface area (Å²) >= 11 is 0. The molecule has 0 bridgehead atoms. The van der Waals surface area contributed by atoms with Crippen molar-refractivity contribution in [1.29, 1.82) is 0 Å². The van der Waals surface area contributed by atoms with E-state index in [2.05, 4.69) is 20.4 Å². The summed E-state index contributed by atoms with van der Waals surface area (Å²) in [5.74, 6) is 0.0275. The van der Waals surface area contributed by atoms with E-state index >= 15 is 0 Å². The maximum Gasteiger partial charge on any atom is 0.258 e. The molecule has 0 spiro atoms. The molecule has 154 valence electrons. The van der Waals surface area contributed by atoms with Crippen molar-refractivity contribution < 1.29 is 18.8 Å². The maximum atomic E-state index is 13.6. The van der Waals surface area contributed by atoms with Crippen molar-refractivity contribution in [3.8, 4) is 5.75 Å². The summed E-state index contributed by atoms with van der Waals surface area (Å²) in [6.45, 7) is 3.47. The number of oxime groups is 1. The van der Waals surface area contributed by atoms with E-state index in [0.717, 1.165) is 23.1 Å². The number of halogens is 1. The van der Waals surface area contributed by atoms with Crippen LogP contribution in [0.1, 0.15) is 32.6 Å². The molecular formula is C22H21FN4O3. The van der Waals surface area contributed by atoms with Crippen LogP contribution in [0.15, 0.2) is 54.1 Å². The van der Waals surface area contributed by atoms with E-state index in [-0.39, 0.29) is 11.1 Å². The van der Waals surface area contributed by atoms with Gasteiger partial charge in [0.25, 0.3) is 5.91 Å². The third kappa shape index (κ3) is 4.43. The number of pyridine rings is 2. The first-order valence-corrected chi connectivity index (χ1v) is 9.08. The Morgan fingerprint density at radius 2 is 1.87 bits per heavy atom. The SMILES string of the molecule is CO/N=C(\c1ccc(NC(=O)c2cncc(F)c2C)nc1)c1ccc(OC)cc1C. The zero-order chi connectivity index (χ0) is 21.7. The summed E-state index contributed by atoms with van der Waals surface area (Å²) in [6.07, 6.45) is 3.96. The summed E-state index contributed by atoms with van der Waals surface area (Å²) in [4.78, 5) is 25.4. The lowest BCUT2D eigenvalue weighted by Crippen LogP contribution is -2.16. The summed E-state index contributed by atoms with van der Waals surface area (Å²) in [5.41, 5.74) is 3.48. The summed E-state index contributed by atoms with van der Waals surface area (Å²) < 4.78 is 18.9. The number of hydrogen-bond donors (Lipinski definition) is 1. The number of carbonyl (C=O) groups excluding carboxylic acids is 1. The number of nitrogens with one attached hydrogen (secondary N) is 1. The molecule has 2 aromatic heterocycles. The van der Waals surface area contributed by atoms with Crippen molar-refractivity contribution in [3.63, 3.8) is 0 Å². The van der Waals surface area contributed by atoms with Crippen LogP contribution < -0.4 is 10.1 Å². The van der Waals surface area contributed by atoms with Gasteiger partial charge in [0.2, 0.25) is 0 Å². The molecule has 3 rings (SSSR count). The fraction of sp³-hybridized carbons (Fsp3) is 0.182. The highest BCUT2D eigenvalue weighted by Crippen LogP contribution is 2.21. The number of ether oxygens (including phenoxy) is 1. The molecule has 0 aliphatic heterocycles. The highest BCUT2D eigenvalue weighted by atomic mass is 19.1. The van der Waals surface area contributed by atoms with E-state index in [1.54, 1.807) is 25.4 Å². The number of carbonyl (C=O) groups is 1. The van der Waals surface area contributed by atoms with Crippen LogP contribution in [0, 0.1) is 19.7 Å². The van der Waals surface area contributed by atoms with E-state index in [9.17, 15) is 9.18 Å². The predicted molar refractivity (Wildman–Crippen MR) is 112 cm³/mol. The minimum atomic E-state index is -0.541. The second kappa shape index (κ2) is 9.13. The lowest BCUT2D eigenvalue weighted by atomic mass is 9.99. The van der Waals surface area contributed by atoms with Gasteiger partial charge in [0.15, 0.2) is 0 Å². The monoisotopic (exact) mass is 408 g/mol. The molecule has 2 heterocycles. The molecule has 0 radical (unpaired) electrons. The molecule has 0 saturated carbocycles. The van der Waals surface area contributed by atoms with Crippen molar-refractivity contribution in [1.82, 2.24) is 9.97 Å². The first kappa shape index (κ1) is 20.9. The van der Waals surface area contributed by atoms with Gasteiger partial charge in [0.1, 0.15) is 30.2 Å². The molecule has 1 N–H and O–H groups in total. The minimum Gasteiger partial charge on any atom is -0.497 e. The molecule has 30 heavy (non-hydrogen) atoms. The van der Waals surface area contributed by atoms with Gasteiger partial charge in [0, 0.05) is 29.1 Å². The van der Waals surface area contributed by atoms with E-state index in [0.29, 0.717) is 17.1 Å². The van der Waals surface area contributed by atoms with Crippen molar-refractivity contribution in [2.75, 3.05) is 19.5 Å². The van der Waals surface area contributed by atoms with Crippen LogP contribution >= 0.6 is 0 Å². The van der Waals surface area contributed by atoms with Crippen LogP contribution in [0.25, 0.3) is 0 Å². The van der Waals surface area contributed by atoms with Crippen LogP contribution in [0.5, 0.6) is 5.75 Å². The third-order valence-corrected chi connectivity index (χ3v) is 4.55. The van der Waals surface area contributed by atoms with Gasteiger partial charge in [-0.05, 0) is 49.7 Å².